The number of hydrogen-bond acceptors (Lipinski definition) is 4. The van der Waals surface area contributed by atoms with Crippen molar-refractivity contribution in [2.24, 2.45) is 0 Å². The van der Waals surface area contributed by atoms with E-state index in [-0.39, 0.29) is 12.5 Å². The van der Waals surface area contributed by atoms with Gasteiger partial charge in [-0.1, -0.05) is 33.6 Å². The van der Waals surface area contributed by atoms with Crippen LogP contribution in [0.25, 0.3) is 0 Å². The highest BCUT2D eigenvalue weighted by Gasteiger charge is 2.31. The highest BCUT2D eigenvalue weighted by Crippen LogP contribution is 2.26. The Labute approximate surface area is 181 Å². The smallest absolute Gasteiger partial charge is 0.243 e. The average Bonchev–Trinajstić information content (AvgIpc) is 2.63. The van der Waals surface area contributed by atoms with Gasteiger partial charge in [0.15, 0.2) is 0 Å². The van der Waals surface area contributed by atoms with Crippen molar-refractivity contribution in [2.75, 3.05) is 38.0 Å². The molecule has 0 spiro atoms. The van der Waals surface area contributed by atoms with E-state index in [1.807, 2.05) is 62.1 Å². The van der Waals surface area contributed by atoms with Crippen molar-refractivity contribution in [3.05, 3.63) is 57.6 Å². The van der Waals surface area contributed by atoms with E-state index in [0.29, 0.717) is 31.1 Å². The predicted octanol–water partition coefficient (Wildman–Crippen LogP) is 3.32. The van der Waals surface area contributed by atoms with Gasteiger partial charge >= 0.3 is 0 Å². The minimum absolute atomic E-state index is 0.103. The Morgan fingerprint density at radius 2 is 1.55 bits per heavy atom. The molecule has 1 amide bonds. The van der Waals surface area contributed by atoms with E-state index in [4.69, 9.17) is 0 Å². The van der Waals surface area contributed by atoms with Gasteiger partial charge in [-0.3, -0.25) is 9.69 Å². The second-order valence-electron chi connectivity index (χ2n) is 7.46. The summed E-state index contributed by atoms with van der Waals surface area (Å²) in [6.45, 7) is 7.70. The number of aryl methyl sites for hydroxylation is 3. The molecule has 0 aromatic heterocycles. The molecule has 1 aliphatic rings. The number of benzene rings is 2. The molecule has 2 aromatic rings. The molecule has 0 saturated carbocycles. The Hall–Kier alpha value is -1.74. The number of nitrogens with one attached hydrogen (secondary N) is 1. The first-order valence-corrected chi connectivity index (χ1v) is 11.8. The molecule has 0 aliphatic carbocycles. The lowest BCUT2D eigenvalue weighted by molar-refractivity contribution is -0.117. The molecule has 0 unspecified atom stereocenters. The van der Waals surface area contributed by atoms with E-state index in [2.05, 4.69) is 21.2 Å². The zero-order valence-corrected chi connectivity index (χ0v) is 19.3. The third-order valence-corrected chi connectivity index (χ3v) is 7.76. The molecule has 6 nitrogen and oxygen atoms in total. The van der Waals surface area contributed by atoms with E-state index >= 15 is 0 Å². The quantitative estimate of drug-likeness (QED) is 0.713. The number of hydrogen-bond donors (Lipinski definition) is 1. The Balaban J connectivity index is 1.60. The van der Waals surface area contributed by atoms with Gasteiger partial charge in [-0.05, 0) is 56.2 Å². The van der Waals surface area contributed by atoms with Gasteiger partial charge in [-0.25, -0.2) is 8.42 Å². The molecule has 0 bridgehead atoms. The minimum Gasteiger partial charge on any atom is -0.325 e. The minimum atomic E-state index is -3.54. The van der Waals surface area contributed by atoms with Crippen LogP contribution in [0.4, 0.5) is 5.69 Å². The summed E-state index contributed by atoms with van der Waals surface area (Å²) in [7, 11) is -3.54. The third kappa shape index (κ3) is 5.25. The van der Waals surface area contributed by atoms with E-state index in [1.165, 1.54) is 4.31 Å². The van der Waals surface area contributed by atoms with Crippen molar-refractivity contribution in [3.8, 4) is 0 Å². The Morgan fingerprint density at radius 1 is 1.00 bits per heavy atom. The lowest BCUT2D eigenvalue weighted by Gasteiger charge is -2.34. The Bertz CT molecular complexity index is 975. The van der Waals surface area contributed by atoms with E-state index in [0.717, 1.165) is 26.9 Å². The van der Waals surface area contributed by atoms with Crippen LogP contribution in [0.3, 0.4) is 0 Å². The summed E-state index contributed by atoms with van der Waals surface area (Å²) in [6.07, 6.45) is 0. The van der Waals surface area contributed by atoms with Gasteiger partial charge in [-0.2, -0.15) is 4.31 Å². The van der Waals surface area contributed by atoms with Crippen LogP contribution in [0.5, 0.6) is 0 Å². The van der Waals surface area contributed by atoms with Crippen LogP contribution in [0.15, 0.2) is 45.8 Å². The van der Waals surface area contributed by atoms with Crippen LogP contribution in [-0.2, 0) is 14.8 Å². The highest BCUT2D eigenvalue weighted by atomic mass is 79.9. The SMILES string of the molecule is Cc1cc(C)c(S(=O)(=O)N2CCN(CC(=O)Nc3ccc(Br)cc3)CC2)c(C)c1. The molecule has 1 saturated heterocycles. The van der Waals surface area contributed by atoms with E-state index in [1.54, 1.807) is 0 Å². The molecule has 156 valence electrons. The first-order chi connectivity index (χ1) is 13.7. The number of rotatable bonds is 5. The molecule has 1 N–H and O–H groups in total. The zero-order chi connectivity index (χ0) is 21.2. The molecule has 0 radical (unpaired) electrons. The molecule has 0 atom stereocenters. The van der Waals surface area contributed by atoms with Crippen LogP contribution in [-0.4, -0.2) is 56.3 Å². The standard InChI is InChI=1S/C21H26BrN3O3S/c1-15-12-16(2)21(17(3)13-15)29(27,28)25-10-8-24(9-11-25)14-20(26)23-19-6-4-18(22)5-7-19/h4-7,12-13H,8-11,14H2,1-3H3,(H,23,26). The van der Waals surface area contributed by atoms with Gasteiger partial charge in [0.2, 0.25) is 15.9 Å². The number of nitrogens with zero attached hydrogens (tertiary/aromatic N) is 2. The van der Waals surface area contributed by atoms with Gasteiger partial charge in [0, 0.05) is 36.3 Å². The highest BCUT2D eigenvalue weighted by molar-refractivity contribution is 9.10. The number of carbonyl (C=O) groups excluding carboxylic acids is 1. The number of sulfonamides is 1. The van der Waals surface area contributed by atoms with E-state index in [9.17, 15) is 13.2 Å². The molecular formula is C21H26BrN3O3S. The third-order valence-electron chi connectivity index (χ3n) is 5.03. The fourth-order valence-corrected chi connectivity index (χ4v) is 5.87. The molecule has 3 rings (SSSR count). The maximum Gasteiger partial charge on any atom is 0.243 e. The first-order valence-electron chi connectivity index (χ1n) is 9.52. The normalized spacial score (nSPS) is 16.0. The van der Waals surface area contributed by atoms with Gasteiger partial charge in [0.25, 0.3) is 0 Å². The Kier molecular flexibility index (Phi) is 6.78. The number of halogens is 1. The average molecular weight is 480 g/mol. The molecule has 2 aromatic carbocycles. The summed E-state index contributed by atoms with van der Waals surface area (Å²) in [5.41, 5.74) is 3.35. The van der Waals surface area contributed by atoms with Crippen molar-refractivity contribution in [3.63, 3.8) is 0 Å². The lowest BCUT2D eigenvalue weighted by atomic mass is 10.1. The first kappa shape index (κ1) is 22.0. The number of anilines is 1. The van der Waals surface area contributed by atoms with Crippen molar-refractivity contribution < 1.29 is 13.2 Å². The fraction of sp³-hybridized carbons (Fsp3) is 0.381. The van der Waals surface area contributed by atoms with E-state index < -0.39 is 10.0 Å². The van der Waals surface area contributed by atoms with Gasteiger partial charge in [-0.15, -0.1) is 0 Å². The summed E-state index contributed by atoms with van der Waals surface area (Å²) in [5.74, 6) is -0.103. The molecule has 1 fully saturated rings. The maximum absolute atomic E-state index is 13.2. The number of piperazine rings is 1. The van der Waals surface area contributed by atoms with Crippen LogP contribution in [0.2, 0.25) is 0 Å². The maximum atomic E-state index is 13.2. The van der Waals surface area contributed by atoms with Crippen LogP contribution in [0.1, 0.15) is 16.7 Å². The van der Waals surface area contributed by atoms with Crippen molar-refractivity contribution in [1.29, 1.82) is 0 Å². The largest absolute Gasteiger partial charge is 0.325 e. The summed E-state index contributed by atoms with van der Waals surface area (Å²) in [4.78, 5) is 14.7. The van der Waals surface area contributed by atoms with Gasteiger partial charge < -0.3 is 5.32 Å². The molecule has 1 heterocycles. The predicted molar refractivity (Wildman–Crippen MR) is 119 cm³/mol. The van der Waals surface area contributed by atoms with Crippen molar-refractivity contribution >= 4 is 37.5 Å². The molecule has 8 heteroatoms. The summed E-state index contributed by atoms with van der Waals surface area (Å²) >= 11 is 3.37. The monoisotopic (exact) mass is 479 g/mol. The zero-order valence-electron chi connectivity index (χ0n) is 16.9. The van der Waals surface area contributed by atoms with Crippen LogP contribution < -0.4 is 5.32 Å². The number of amides is 1. The summed E-state index contributed by atoms with van der Waals surface area (Å²) < 4.78 is 28.8. The molecule has 29 heavy (non-hydrogen) atoms. The second kappa shape index (κ2) is 8.95. The number of carbonyl (C=O) groups is 1. The Morgan fingerprint density at radius 3 is 2.10 bits per heavy atom. The van der Waals surface area contributed by atoms with Crippen LogP contribution >= 0.6 is 15.9 Å². The van der Waals surface area contributed by atoms with Crippen LogP contribution in [0, 0.1) is 20.8 Å². The summed E-state index contributed by atoms with van der Waals surface area (Å²) in [6, 6.07) is 11.2. The lowest BCUT2D eigenvalue weighted by Crippen LogP contribution is -2.50. The topological polar surface area (TPSA) is 69.7 Å². The van der Waals surface area contributed by atoms with Crippen molar-refractivity contribution in [1.82, 2.24) is 9.21 Å². The van der Waals surface area contributed by atoms with Gasteiger partial charge in [0.05, 0.1) is 11.4 Å². The van der Waals surface area contributed by atoms with Gasteiger partial charge in [0.1, 0.15) is 0 Å². The van der Waals surface area contributed by atoms with Crippen molar-refractivity contribution in [2.45, 2.75) is 25.7 Å². The molecular weight excluding hydrogens is 454 g/mol. The summed E-state index contributed by atoms with van der Waals surface area (Å²) in [5, 5.41) is 2.87. The fourth-order valence-electron chi connectivity index (χ4n) is 3.77. The molecule has 1 aliphatic heterocycles. The second-order valence-corrected chi connectivity index (χ2v) is 10.3.